The van der Waals surface area contributed by atoms with Crippen molar-refractivity contribution in [1.82, 2.24) is 10.2 Å². The number of anilines is 1. The molecule has 0 saturated heterocycles. The van der Waals surface area contributed by atoms with Crippen LogP contribution < -0.4 is 14.4 Å². The zero-order valence-electron chi connectivity index (χ0n) is 18.8. The third kappa shape index (κ3) is 6.37. The molecule has 0 bridgehead atoms. The van der Waals surface area contributed by atoms with Crippen molar-refractivity contribution in [3.8, 4) is 5.75 Å². The van der Waals surface area contributed by atoms with E-state index >= 15 is 0 Å². The molecule has 0 spiro atoms. The lowest BCUT2D eigenvalue weighted by Gasteiger charge is -2.31. The van der Waals surface area contributed by atoms with Crippen LogP contribution in [0, 0.1) is 6.92 Å². The van der Waals surface area contributed by atoms with E-state index in [-0.39, 0.29) is 23.2 Å². The summed E-state index contributed by atoms with van der Waals surface area (Å²) in [5, 5.41) is 2.74. The van der Waals surface area contributed by atoms with E-state index in [0.29, 0.717) is 5.75 Å². The monoisotopic (exact) mass is 481 g/mol. The largest absolute Gasteiger partial charge is 0.495 e. The molecule has 8 nitrogen and oxygen atoms in total. The minimum atomic E-state index is -3.83. The second-order valence-electron chi connectivity index (χ2n) is 7.39. The highest BCUT2D eigenvalue weighted by Gasteiger charge is 2.30. The zero-order chi connectivity index (χ0) is 24.1. The number of carbonyl (C=O) groups excluding carboxylic acids is 2. The quantitative estimate of drug-likeness (QED) is 0.594. The summed E-state index contributed by atoms with van der Waals surface area (Å²) in [6.07, 6.45) is 1.00. The summed E-state index contributed by atoms with van der Waals surface area (Å²) in [5.74, 6) is -0.507. The number of aryl methyl sites for hydroxylation is 1. The Hall–Kier alpha value is -2.78. The molecular weight excluding hydrogens is 454 g/mol. The number of nitrogens with one attached hydrogen (secondary N) is 1. The van der Waals surface area contributed by atoms with E-state index in [1.807, 2.05) is 31.2 Å². The number of amides is 2. The van der Waals surface area contributed by atoms with Gasteiger partial charge in [-0.25, -0.2) is 8.42 Å². The Bertz CT molecular complexity index is 1070. The van der Waals surface area contributed by atoms with Crippen LogP contribution in [0.2, 0.25) is 5.02 Å². The first-order valence-corrected chi connectivity index (χ1v) is 12.1. The highest BCUT2D eigenvalue weighted by Crippen LogP contribution is 2.30. The van der Waals surface area contributed by atoms with Crippen molar-refractivity contribution in [2.45, 2.75) is 26.4 Å². The Balaban J connectivity index is 2.39. The molecule has 0 fully saturated rings. The number of carbonyl (C=O) groups is 2. The van der Waals surface area contributed by atoms with Gasteiger partial charge in [0.2, 0.25) is 21.8 Å². The van der Waals surface area contributed by atoms with Crippen LogP contribution in [0.15, 0.2) is 42.5 Å². The fraction of sp³-hybridized carbons (Fsp3) is 0.364. The predicted molar refractivity (Wildman–Crippen MR) is 125 cm³/mol. The van der Waals surface area contributed by atoms with Crippen LogP contribution in [-0.2, 0) is 26.2 Å². The van der Waals surface area contributed by atoms with Crippen molar-refractivity contribution < 1.29 is 22.7 Å². The Kier molecular flexibility index (Phi) is 8.51. The SMILES string of the molecule is CNC(=O)[C@H](C)N(Cc1ccc(C)cc1)C(=O)CN(c1ccc(OC)c(Cl)c1)S(C)(=O)=O. The standard InChI is InChI=1S/C22H28ClN3O5S/c1-15-6-8-17(9-7-15)13-25(16(2)22(28)24-3)21(27)14-26(32(5,29)30)18-10-11-20(31-4)19(23)12-18/h6-12,16H,13-14H2,1-5H3,(H,24,28)/t16-/m0/s1. The van der Waals surface area contributed by atoms with Gasteiger partial charge in [0.15, 0.2) is 0 Å². The number of rotatable bonds is 9. The minimum absolute atomic E-state index is 0.147. The predicted octanol–water partition coefficient (Wildman–Crippen LogP) is 2.59. The van der Waals surface area contributed by atoms with Crippen LogP contribution >= 0.6 is 11.6 Å². The smallest absolute Gasteiger partial charge is 0.244 e. The molecule has 2 aromatic carbocycles. The first-order valence-electron chi connectivity index (χ1n) is 9.85. The van der Waals surface area contributed by atoms with Gasteiger partial charge in [-0.3, -0.25) is 13.9 Å². The molecule has 10 heteroatoms. The molecule has 0 aliphatic heterocycles. The third-order valence-electron chi connectivity index (χ3n) is 4.99. The molecule has 2 aromatic rings. The van der Waals surface area contributed by atoms with E-state index in [1.165, 1.54) is 37.3 Å². The summed E-state index contributed by atoms with van der Waals surface area (Å²) >= 11 is 6.16. The first-order chi connectivity index (χ1) is 15.0. The van der Waals surface area contributed by atoms with E-state index in [1.54, 1.807) is 6.92 Å². The molecule has 2 rings (SSSR count). The Morgan fingerprint density at radius 3 is 2.28 bits per heavy atom. The molecule has 0 saturated carbocycles. The van der Waals surface area contributed by atoms with Gasteiger partial charge >= 0.3 is 0 Å². The summed E-state index contributed by atoms with van der Waals surface area (Å²) in [4.78, 5) is 27.0. The maximum Gasteiger partial charge on any atom is 0.244 e. The summed E-state index contributed by atoms with van der Waals surface area (Å²) in [7, 11) is -0.899. The van der Waals surface area contributed by atoms with Crippen LogP contribution in [0.25, 0.3) is 0 Å². The van der Waals surface area contributed by atoms with Crippen molar-refractivity contribution in [3.05, 3.63) is 58.6 Å². The number of hydrogen-bond donors (Lipinski definition) is 1. The summed E-state index contributed by atoms with van der Waals surface area (Å²) < 4.78 is 31.1. The Labute approximate surface area is 194 Å². The van der Waals surface area contributed by atoms with E-state index in [2.05, 4.69) is 5.32 Å². The fourth-order valence-electron chi connectivity index (χ4n) is 3.11. The van der Waals surface area contributed by atoms with Crippen LogP contribution in [-0.4, -0.2) is 58.1 Å². The molecule has 0 radical (unpaired) electrons. The Morgan fingerprint density at radius 2 is 1.78 bits per heavy atom. The van der Waals surface area contributed by atoms with Crippen LogP contribution in [0.4, 0.5) is 5.69 Å². The van der Waals surface area contributed by atoms with Crippen molar-refractivity contribution in [2.75, 3.05) is 31.3 Å². The van der Waals surface area contributed by atoms with Gasteiger partial charge < -0.3 is 15.0 Å². The van der Waals surface area contributed by atoms with E-state index in [0.717, 1.165) is 21.7 Å². The van der Waals surface area contributed by atoms with E-state index in [4.69, 9.17) is 16.3 Å². The molecule has 0 unspecified atom stereocenters. The maximum absolute atomic E-state index is 13.3. The highest BCUT2D eigenvalue weighted by molar-refractivity contribution is 7.92. The molecule has 1 atom stereocenters. The zero-order valence-corrected chi connectivity index (χ0v) is 20.3. The van der Waals surface area contributed by atoms with Crippen LogP contribution in [0.3, 0.4) is 0 Å². The van der Waals surface area contributed by atoms with Gasteiger partial charge in [-0.1, -0.05) is 41.4 Å². The molecule has 32 heavy (non-hydrogen) atoms. The number of hydrogen-bond acceptors (Lipinski definition) is 5. The van der Waals surface area contributed by atoms with Gasteiger partial charge in [0, 0.05) is 13.6 Å². The van der Waals surface area contributed by atoms with Gasteiger partial charge in [0.1, 0.15) is 18.3 Å². The molecule has 0 aliphatic carbocycles. The first kappa shape index (κ1) is 25.5. The van der Waals surface area contributed by atoms with E-state index in [9.17, 15) is 18.0 Å². The number of likely N-dealkylation sites (N-methyl/N-ethyl adjacent to an activating group) is 1. The average molecular weight is 482 g/mol. The van der Waals surface area contributed by atoms with Gasteiger partial charge in [-0.2, -0.15) is 0 Å². The van der Waals surface area contributed by atoms with Crippen molar-refractivity contribution in [2.24, 2.45) is 0 Å². The molecule has 0 aliphatic rings. The summed E-state index contributed by atoms with van der Waals surface area (Å²) in [5.41, 5.74) is 2.10. The van der Waals surface area contributed by atoms with Gasteiger partial charge in [-0.15, -0.1) is 0 Å². The van der Waals surface area contributed by atoms with Crippen LogP contribution in [0.5, 0.6) is 5.75 Å². The van der Waals surface area contributed by atoms with Crippen molar-refractivity contribution >= 4 is 39.1 Å². The number of ether oxygens (including phenoxy) is 1. The summed E-state index contributed by atoms with van der Waals surface area (Å²) in [6, 6.07) is 11.2. The van der Waals surface area contributed by atoms with Gasteiger partial charge in [0.05, 0.1) is 24.1 Å². The van der Waals surface area contributed by atoms with Crippen LogP contribution in [0.1, 0.15) is 18.1 Å². The lowest BCUT2D eigenvalue weighted by molar-refractivity contribution is -0.139. The summed E-state index contributed by atoms with van der Waals surface area (Å²) in [6.45, 7) is 3.20. The van der Waals surface area contributed by atoms with Gasteiger partial charge in [-0.05, 0) is 37.6 Å². The second kappa shape index (κ2) is 10.7. The highest BCUT2D eigenvalue weighted by atomic mass is 35.5. The van der Waals surface area contributed by atoms with E-state index < -0.39 is 28.5 Å². The average Bonchev–Trinajstić information content (AvgIpc) is 2.75. The lowest BCUT2D eigenvalue weighted by Crippen LogP contribution is -2.50. The maximum atomic E-state index is 13.3. The molecule has 2 amide bonds. The van der Waals surface area contributed by atoms with Gasteiger partial charge in [0.25, 0.3) is 0 Å². The normalized spacial score (nSPS) is 12.1. The topological polar surface area (TPSA) is 96.0 Å². The van der Waals surface area contributed by atoms with Crippen molar-refractivity contribution in [1.29, 1.82) is 0 Å². The Morgan fingerprint density at radius 1 is 1.16 bits per heavy atom. The minimum Gasteiger partial charge on any atom is -0.495 e. The third-order valence-corrected chi connectivity index (χ3v) is 6.43. The molecule has 0 heterocycles. The molecular formula is C22H28ClN3O5S. The number of nitrogens with zero attached hydrogens (tertiary/aromatic N) is 2. The fourth-order valence-corrected chi connectivity index (χ4v) is 4.20. The number of methoxy groups -OCH3 is 1. The number of sulfonamides is 1. The molecule has 0 aromatic heterocycles. The molecule has 1 N–H and O–H groups in total. The second-order valence-corrected chi connectivity index (χ2v) is 9.70. The number of benzene rings is 2. The number of halogens is 1. The van der Waals surface area contributed by atoms with Crippen molar-refractivity contribution in [3.63, 3.8) is 0 Å². The lowest BCUT2D eigenvalue weighted by atomic mass is 10.1. The molecule has 174 valence electrons.